The zero-order chi connectivity index (χ0) is 17.4. The van der Waals surface area contributed by atoms with Crippen LogP contribution in [0.2, 0.25) is 0 Å². The Hall–Kier alpha value is -2.41. The van der Waals surface area contributed by atoms with Gasteiger partial charge in [-0.25, -0.2) is 0 Å². The molecule has 25 heavy (non-hydrogen) atoms. The molecule has 4 rings (SSSR count). The number of hydrogen-bond acceptors (Lipinski definition) is 6. The summed E-state index contributed by atoms with van der Waals surface area (Å²) in [5, 5.41) is 7.87. The molecular formula is C18H22N4O3. The lowest BCUT2D eigenvalue weighted by atomic mass is 10.1. The lowest BCUT2D eigenvalue weighted by Gasteiger charge is -2.36. The van der Waals surface area contributed by atoms with Crippen LogP contribution < -0.4 is 4.90 Å². The Balaban J connectivity index is 1.47. The number of benzene rings is 1. The smallest absolute Gasteiger partial charge is 0.246 e. The molecule has 1 aromatic heterocycles. The summed E-state index contributed by atoms with van der Waals surface area (Å²) in [6.45, 7) is 6.10. The van der Waals surface area contributed by atoms with E-state index in [0.29, 0.717) is 31.5 Å². The largest absolute Gasteiger partial charge is 0.423 e. The van der Waals surface area contributed by atoms with Gasteiger partial charge in [-0.2, -0.15) is 0 Å². The monoisotopic (exact) mass is 342 g/mol. The molecule has 1 aromatic carbocycles. The van der Waals surface area contributed by atoms with Crippen molar-refractivity contribution in [3.05, 3.63) is 41.6 Å². The van der Waals surface area contributed by atoms with Gasteiger partial charge in [-0.3, -0.25) is 4.79 Å². The van der Waals surface area contributed by atoms with Crippen molar-refractivity contribution in [2.75, 3.05) is 31.1 Å². The molecule has 0 unspecified atom stereocenters. The van der Waals surface area contributed by atoms with Crippen molar-refractivity contribution in [3.63, 3.8) is 0 Å². The molecule has 2 aromatic rings. The molecule has 7 heteroatoms. The first-order chi connectivity index (χ1) is 12.1. The van der Waals surface area contributed by atoms with Crippen LogP contribution in [0.4, 0.5) is 5.69 Å². The Morgan fingerprint density at radius 1 is 1.28 bits per heavy atom. The van der Waals surface area contributed by atoms with E-state index in [1.807, 2.05) is 24.0 Å². The molecule has 2 aliphatic rings. The summed E-state index contributed by atoms with van der Waals surface area (Å²) in [5.74, 6) is 1.06. The van der Waals surface area contributed by atoms with Gasteiger partial charge >= 0.3 is 0 Å². The number of aryl methyl sites for hydroxylation is 1. The number of carbonyl (C=O) groups excluding carboxylic acids is 1. The Morgan fingerprint density at radius 2 is 2.12 bits per heavy atom. The summed E-state index contributed by atoms with van der Waals surface area (Å²) in [5.41, 5.74) is 2.48. The molecule has 7 nitrogen and oxygen atoms in total. The van der Waals surface area contributed by atoms with Gasteiger partial charge in [0.15, 0.2) is 6.10 Å². The van der Waals surface area contributed by atoms with Crippen LogP contribution in [0, 0.1) is 6.92 Å². The third kappa shape index (κ3) is 3.00. The molecule has 0 N–H and O–H groups in total. The second kappa shape index (κ2) is 6.48. The lowest BCUT2D eigenvalue weighted by molar-refractivity contribution is -0.141. The highest BCUT2D eigenvalue weighted by Crippen LogP contribution is 2.30. The van der Waals surface area contributed by atoms with Crippen LogP contribution in [-0.2, 0) is 16.0 Å². The number of morpholine rings is 1. The lowest BCUT2D eigenvalue weighted by Crippen LogP contribution is -2.51. The molecule has 1 fully saturated rings. The van der Waals surface area contributed by atoms with Crippen molar-refractivity contribution in [1.82, 2.24) is 15.1 Å². The van der Waals surface area contributed by atoms with Gasteiger partial charge in [0.2, 0.25) is 17.7 Å². The number of aromatic nitrogens is 2. The van der Waals surface area contributed by atoms with Gasteiger partial charge in [0.25, 0.3) is 0 Å². The van der Waals surface area contributed by atoms with E-state index in [2.05, 4.69) is 27.2 Å². The second-order valence-electron chi connectivity index (χ2n) is 6.55. The number of ether oxygens (including phenoxy) is 1. The van der Waals surface area contributed by atoms with Crippen molar-refractivity contribution in [2.45, 2.75) is 32.4 Å². The van der Waals surface area contributed by atoms with E-state index in [9.17, 15) is 4.79 Å². The maximum atomic E-state index is 13.0. The van der Waals surface area contributed by atoms with E-state index in [-0.39, 0.29) is 18.1 Å². The molecule has 3 heterocycles. The third-order valence-electron chi connectivity index (χ3n) is 4.94. The normalized spacial score (nSPS) is 21.3. The fourth-order valence-electron chi connectivity index (χ4n) is 3.60. The molecule has 0 radical (unpaired) electrons. The van der Waals surface area contributed by atoms with E-state index in [1.165, 1.54) is 11.3 Å². The maximum absolute atomic E-state index is 13.0. The summed E-state index contributed by atoms with van der Waals surface area (Å²) < 4.78 is 11.2. The first-order valence-corrected chi connectivity index (χ1v) is 8.68. The Labute approximate surface area is 146 Å². The van der Waals surface area contributed by atoms with Crippen molar-refractivity contribution in [2.24, 2.45) is 0 Å². The standard InChI is InChI=1S/C18H22N4O3/c1-12(22-8-7-14-5-3-4-6-15(14)22)18(23)21-9-10-24-16(11-21)17-20-19-13(2)25-17/h3-6,12,16H,7-11H2,1-2H3/t12-,16+/m0/s1. The number of hydrogen-bond donors (Lipinski definition) is 0. The number of amides is 1. The quantitative estimate of drug-likeness (QED) is 0.846. The minimum Gasteiger partial charge on any atom is -0.423 e. The summed E-state index contributed by atoms with van der Waals surface area (Å²) in [4.78, 5) is 17.1. The molecule has 1 amide bonds. The third-order valence-corrected chi connectivity index (χ3v) is 4.94. The first-order valence-electron chi connectivity index (χ1n) is 8.68. The van der Waals surface area contributed by atoms with Gasteiger partial charge < -0.3 is 19.0 Å². The van der Waals surface area contributed by atoms with E-state index >= 15 is 0 Å². The maximum Gasteiger partial charge on any atom is 0.246 e. The molecule has 2 atom stereocenters. The van der Waals surface area contributed by atoms with Crippen LogP contribution in [-0.4, -0.2) is 53.3 Å². The fraction of sp³-hybridized carbons (Fsp3) is 0.500. The number of nitrogens with zero attached hydrogens (tertiary/aromatic N) is 4. The Bertz CT molecular complexity index is 775. The van der Waals surface area contributed by atoms with Crippen molar-refractivity contribution in [3.8, 4) is 0 Å². The van der Waals surface area contributed by atoms with E-state index < -0.39 is 0 Å². The van der Waals surface area contributed by atoms with E-state index in [1.54, 1.807) is 6.92 Å². The molecule has 0 aliphatic carbocycles. The number of anilines is 1. The highest BCUT2D eigenvalue weighted by Gasteiger charge is 2.34. The van der Waals surface area contributed by atoms with Crippen LogP contribution in [0.25, 0.3) is 0 Å². The Morgan fingerprint density at radius 3 is 2.92 bits per heavy atom. The predicted molar refractivity (Wildman–Crippen MR) is 91.3 cm³/mol. The molecule has 1 saturated heterocycles. The zero-order valence-electron chi connectivity index (χ0n) is 14.5. The number of carbonyl (C=O) groups is 1. The topological polar surface area (TPSA) is 71.7 Å². The van der Waals surface area contributed by atoms with Crippen molar-refractivity contribution < 1.29 is 13.9 Å². The summed E-state index contributed by atoms with van der Waals surface area (Å²) in [6, 6.07) is 8.10. The van der Waals surface area contributed by atoms with Gasteiger partial charge in [-0.15, -0.1) is 10.2 Å². The second-order valence-corrected chi connectivity index (χ2v) is 6.55. The van der Waals surface area contributed by atoms with Crippen LogP contribution in [0.1, 0.15) is 30.4 Å². The molecular weight excluding hydrogens is 320 g/mol. The van der Waals surface area contributed by atoms with Crippen molar-refractivity contribution >= 4 is 11.6 Å². The summed E-state index contributed by atoms with van der Waals surface area (Å²) in [7, 11) is 0. The van der Waals surface area contributed by atoms with Crippen LogP contribution in [0.3, 0.4) is 0 Å². The zero-order valence-corrected chi connectivity index (χ0v) is 14.5. The van der Waals surface area contributed by atoms with Gasteiger partial charge in [-0.1, -0.05) is 18.2 Å². The molecule has 0 saturated carbocycles. The van der Waals surface area contributed by atoms with E-state index in [4.69, 9.17) is 9.15 Å². The molecule has 0 bridgehead atoms. The minimum absolute atomic E-state index is 0.112. The average molecular weight is 342 g/mol. The molecule has 0 spiro atoms. The predicted octanol–water partition coefficient (Wildman–Crippen LogP) is 1.73. The average Bonchev–Trinajstić information content (AvgIpc) is 3.27. The minimum atomic E-state index is -0.350. The highest BCUT2D eigenvalue weighted by atomic mass is 16.5. The number of fused-ring (bicyclic) bond motifs is 1. The van der Waals surface area contributed by atoms with Gasteiger partial charge in [0, 0.05) is 25.7 Å². The van der Waals surface area contributed by atoms with Crippen LogP contribution >= 0.6 is 0 Å². The molecule has 2 aliphatic heterocycles. The fourth-order valence-corrected chi connectivity index (χ4v) is 3.60. The van der Waals surface area contributed by atoms with Gasteiger partial charge in [0.05, 0.1) is 13.2 Å². The van der Waals surface area contributed by atoms with Crippen LogP contribution in [0.15, 0.2) is 28.7 Å². The summed E-state index contributed by atoms with van der Waals surface area (Å²) in [6.07, 6.45) is 0.637. The number of para-hydroxylation sites is 1. The molecule has 132 valence electrons. The van der Waals surface area contributed by atoms with E-state index in [0.717, 1.165) is 13.0 Å². The van der Waals surface area contributed by atoms with Crippen molar-refractivity contribution in [1.29, 1.82) is 0 Å². The van der Waals surface area contributed by atoms with Gasteiger partial charge in [0.1, 0.15) is 6.04 Å². The SMILES string of the molecule is Cc1nnc([C@H]2CN(C(=O)[C@H](C)N3CCc4ccccc43)CCO2)o1. The van der Waals surface area contributed by atoms with Crippen LogP contribution in [0.5, 0.6) is 0 Å². The summed E-state index contributed by atoms with van der Waals surface area (Å²) >= 11 is 0. The van der Waals surface area contributed by atoms with Gasteiger partial charge in [-0.05, 0) is 25.0 Å². The highest BCUT2D eigenvalue weighted by molar-refractivity contribution is 5.86. The number of rotatable bonds is 3. The Kier molecular flexibility index (Phi) is 4.17. The first kappa shape index (κ1) is 16.1.